The van der Waals surface area contributed by atoms with Crippen molar-refractivity contribution in [3.05, 3.63) is 53.8 Å². The number of likely N-dealkylation sites (N-methyl/N-ethyl adjacent to an activating group) is 1. The van der Waals surface area contributed by atoms with E-state index in [9.17, 15) is 14.0 Å². The van der Waals surface area contributed by atoms with Crippen LogP contribution in [0.3, 0.4) is 0 Å². The number of carbonyl (C=O) groups is 2. The van der Waals surface area contributed by atoms with Gasteiger partial charge in [0.1, 0.15) is 5.82 Å². The van der Waals surface area contributed by atoms with Crippen molar-refractivity contribution in [1.29, 1.82) is 5.26 Å². The molecule has 2 aromatic rings. The predicted molar refractivity (Wildman–Crippen MR) is 101 cm³/mol. The normalized spacial score (nSPS) is 16.0. The predicted octanol–water partition coefficient (Wildman–Crippen LogP) is 2.90. The Hall–Kier alpha value is -3.40. The summed E-state index contributed by atoms with van der Waals surface area (Å²) >= 11 is 0. The molecule has 0 saturated heterocycles. The van der Waals surface area contributed by atoms with Gasteiger partial charge in [-0.2, -0.15) is 5.26 Å². The largest absolute Gasteiger partial charge is 0.363 e. The maximum absolute atomic E-state index is 14.2. The van der Waals surface area contributed by atoms with Crippen LogP contribution in [-0.2, 0) is 9.59 Å². The molecule has 1 aliphatic rings. The number of nitrogens with one attached hydrogen (secondary N) is 1. The molecule has 2 amide bonds. The van der Waals surface area contributed by atoms with E-state index in [1.807, 2.05) is 13.0 Å². The van der Waals surface area contributed by atoms with E-state index in [0.717, 1.165) is 6.07 Å². The minimum atomic E-state index is -0.564. The number of amides is 2. The summed E-state index contributed by atoms with van der Waals surface area (Å²) in [6.07, 6.45) is 0.176. The molecule has 7 heteroatoms. The van der Waals surface area contributed by atoms with Gasteiger partial charge in [-0.05, 0) is 37.3 Å². The smallest absolute Gasteiger partial charge is 0.246 e. The van der Waals surface area contributed by atoms with Gasteiger partial charge in [-0.3, -0.25) is 9.59 Å². The Morgan fingerprint density at radius 3 is 2.81 bits per heavy atom. The minimum absolute atomic E-state index is 0.0737. The SMILES string of the molecule is CC1CC(=O)Nc2ccccc2N1C(=O)CN(C)c1ccc(C#N)cc1F. The van der Waals surface area contributed by atoms with Gasteiger partial charge in [0.2, 0.25) is 11.8 Å². The standard InChI is InChI=1S/C20H19FN4O2/c1-13-9-19(26)23-16-5-3-4-6-18(16)25(13)20(27)12-24(2)17-8-7-14(11-22)10-15(17)21/h3-8,10,13H,9,12H2,1-2H3,(H,23,26). The van der Waals surface area contributed by atoms with Gasteiger partial charge in [-0.1, -0.05) is 12.1 Å². The van der Waals surface area contributed by atoms with Gasteiger partial charge in [-0.15, -0.1) is 0 Å². The van der Waals surface area contributed by atoms with E-state index in [1.54, 1.807) is 36.2 Å². The Balaban J connectivity index is 1.87. The molecule has 1 aliphatic heterocycles. The van der Waals surface area contributed by atoms with Gasteiger partial charge < -0.3 is 15.1 Å². The lowest BCUT2D eigenvalue weighted by Crippen LogP contribution is -2.44. The van der Waals surface area contributed by atoms with Gasteiger partial charge in [0.05, 0.1) is 35.2 Å². The summed E-state index contributed by atoms with van der Waals surface area (Å²) < 4.78 is 14.2. The van der Waals surface area contributed by atoms with Crippen LogP contribution in [0.25, 0.3) is 0 Å². The Labute approximate surface area is 156 Å². The van der Waals surface area contributed by atoms with E-state index in [-0.39, 0.29) is 42.1 Å². The molecule has 1 atom stereocenters. The van der Waals surface area contributed by atoms with E-state index in [0.29, 0.717) is 11.4 Å². The van der Waals surface area contributed by atoms with E-state index < -0.39 is 5.82 Å². The Morgan fingerprint density at radius 1 is 1.37 bits per heavy atom. The quantitative estimate of drug-likeness (QED) is 0.906. The zero-order chi connectivity index (χ0) is 19.6. The maximum Gasteiger partial charge on any atom is 0.246 e. The Bertz CT molecular complexity index is 938. The van der Waals surface area contributed by atoms with Crippen molar-refractivity contribution in [2.45, 2.75) is 19.4 Å². The third-order valence-electron chi connectivity index (χ3n) is 4.49. The monoisotopic (exact) mass is 366 g/mol. The highest BCUT2D eigenvalue weighted by atomic mass is 19.1. The van der Waals surface area contributed by atoms with Crippen molar-refractivity contribution >= 4 is 28.9 Å². The molecule has 0 bridgehead atoms. The molecule has 6 nitrogen and oxygen atoms in total. The van der Waals surface area contributed by atoms with Crippen molar-refractivity contribution < 1.29 is 14.0 Å². The maximum atomic E-state index is 14.2. The zero-order valence-corrected chi connectivity index (χ0v) is 15.1. The summed E-state index contributed by atoms with van der Waals surface area (Å²) in [5.74, 6) is -0.972. The number of benzene rings is 2. The van der Waals surface area contributed by atoms with Crippen LogP contribution >= 0.6 is 0 Å². The number of fused-ring (bicyclic) bond motifs is 1. The second-order valence-electron chi connectivity index (χ2n) is 6.52. The van der Waals surface area contributed by atoms with Crippen LogP contribution in [0.15, 0.2) is 42.5 Å². The second kappa shape index (κ2) is 7.46. The van der Waals surface area contributed by atoms with Crippen molar-refractivity contribution in [1.82, 2.24) is 0 Å². The first-order valence-corrected chi connectivity index (χ1v) is 8.52. The molecule has 1 N–H and O–H groups in total. The third kappa shape index (κ3) is 3.75. The molecule has 1 unspecified atom stereocenters. The van der Waals surface area contributed by atoms with Crippen LogP contribution in [0.5, 0.6) is 0 Å². The van der Waals surface area contributed by atoms with Gasteiger partial charge in [0, 0.05) is 19.5 Å². The number of nitriles is 1. The summed E-state index contributed by atoms with van der Waals surface area (Å²) in [7, 11) is 1.61. The number of para-hydroxylation sites is 2. The van der Waals surface area contributed by atoms with Crippen LogP contribution in [0.2, 0.25) is 0 Å². The van der Waals surface area contributed by atoms with Gasteiger partial charge in [0.15, 0.2) is 0 Å². The lowest BCUT2D eigenvalue weighted by Gasteiger charge is -2.30. The van der Waals surface area contributed by atoms with Gasteiger partial charge in [0.25, 0.3) is 0 Å². The highest BCUT2D eigenvalue weighted by molar-refractivity contribution is 6.05. The third-order valence-corrected chi connectivity index (χ3v) is 4.49. The summed E-state index contributed by atoms with van der Waals surface area (Å²) in [6, 6.07) is 12.8. The topological polar surface area (TPSA) is 76.4 Å². The first-order valence-electron chi connectivity index (χ1n) is 8.52. The van der Waals surface area contributed by atoms with Gasteiger partial charge in [-0.25, -0.2) is 4.39 Å². The van der Waals surface area contributed by atoms with E-state index >= 15 is 0 Å². The molecular formula is C20H19FN4O2. The van der Waals surface area contributed by atoms with E-state index in [4.69, 9.17) is 5.26 Å². The molecule has 0 spiro atoms. The number of nitrogens with zero attached hydrogens (tertiary/aromatic N) is 3. The summed E-state index contributed by atoms with van der Waals surface area (Å²) in [4.78, 5) is 28.1. The number of hydrogen-bond donors (Lipinski definition) is 1. The number of halogens is 1. The molecule has 0 fully saturated rings. The van der Waals surface area contributed by atoms with Crippen molar-refractivity contribution in [2.24, 2.45) is 0 Å². The molecule has 1 heterocycles. The minimum Gasteiger partial charge on any atom is -0.363 e. The Kier molecular flexibility index (Phi) is 5.08. The molecule has 27 heavy (non-hydrogen) atoms. The average Bonchev–Trinajstić information content (AvgIpc) is 2.75. The summed E-state index contributed by atoms with van der Waals surface area (Å²) in [5.41, 5.74) is 1.64. The summed E-state index contributed by atoms with van der Waals surface area (Å²) in [6.45, 7) is 1.73. The lowest BCUT2D eigenvalue weighted by molar-refractivity contribution is -0.118. The fourth-order valence-electron chi connectivity index (χ4n) is 3.22. The molecule has 0 saturated carbocycles. The van der Waals surface area contributed by atoms with Crippen molar-refractivity contribution in [3.63, 3.8) is 0 Å². The van der Waals surface area contributed by atoms with Crippen LogP contribution in [-0.4, -0.2) is 31.4 Å². The number of carbonyl (C=O) groups excluding carboxylic acids is 2. The highest BCUT2D eigenvalue weighted by Gasteiger charge is 2.30. The molecule has 3 rings (SSSR count). The second-order valence-corrected chi connectivity index (χ2v) is 6.52. The van der Waals surface area contributed by atoms with E-state index in [1.165, 1.54) is 17.0 Å². The molecule has 138 valence electrons. The molecule has 0 aliphatic carbocycles. The first-order chi connectivity index (χ1) is 12.9. The summed E-state index contributed by atoms with van der Waals surface area (Å²) in [5, 5.41) is 11.7. The van der Waals surface area contributed by atoms with Crippen LogP contribution in [0.4, 0.5) is 21.5 Å². The zero-order valence-electron chi connectivity index (χ0n) is 15.1. The van der Waals surface area contributed by atoms with Crippen LogP contribution < -0.4 is 15.1 Å². The molecule has 0 radical (unpaired) electrons. The molecular weight excluding hydrogens is 347 g/mol. The first kappa shape index (κ1) is 18.4. The van der Waals surface area contributed by atoms with Crippen LogP contribution in [0.1, 0.15) is 18.9 Å². The number of hydrogen-bond acceptors (Lipinski definition) is 4. The molecule has 2 aromatic carbocycles. The van der Waals surface area contributed by atoms with Crippen LogP contribution in [0, 0.1) is 17.1 Å². The highest BCUT2D eigenvalue weighted by Crippen LogP contribution is 2.31. The van der Waals surface area contributed by atoms with Crippen molar-refractivity contribution in [2.75, 3.05) is 28.7 Å². The number of rotatable bonds is 3. The van der Waals surface area contributed by atoms with Gasteiger partial charge >= 0.3 is 0 Å². The fraction of sp³-hybridized carbons (Fsp3) is 0.250. The average molecular weight is 366 g/mol. The molecule has 0 aromatic heterocycles. The lowest BCUT2D eigenvalue weighted by atomic mass is 10.1. The van der Waals surface area contributed by atoms with Crippen molar-refractivity contribution in [3.8, 4) is 6.07 Å². The fourth-order valence-corrected chi connectivity index (χ4v) is 3.22. The van der Waals surface area contributed by atoms with E-state index in [2.05, 4.69) is 5.32 Å². The number of anilines is 3. The Morgan fingerprint density at radius 2 is 2.11 bits per heavy atom.